The number of aromatic nitrogens is 3. The number of nitrogens with two attached hydrogens (primary N) is 1. The van der Waals surface area contributed by atoms with Crippen LogP contribution in [0.1, 0.15) is 31.0 Å². The van der Waals surface area contributed by atoms with E-state index >= 15 is 0 Å². The molecule has 1 heterocycles. The second-order valence-electron chi connectivity index (χ2n) is 6.45. The molecule has 0 radical (unpaired) electrons. The molecule has 0 bridgehead atoms. The zero-order chi connectivity index (χ0) is 15.6. The fraction of sp³-hybridized carbons (Fsp3) is 0.692. The highest BCUT2D eigenvalue weighted by atomic mass is 32.2. The van der Waals surface area contributed by atoms with Gasteiger partial charge in [0.2, 0.25) is 5.16 Å². The number of carbonyl (C=O) groups is 2. The minimum atomic E-state index is -1.46. The molecule has 0 amide bonds. The van der Waals surface area contributed by atoms with Crippen LogP contribution in [0.15, 0.2) is 5.16 Å². The molecule has 0 aliphatic heterocycles. The molecule has 4 rings (SSSR count). The first-order chi connectivity index (χ1) is 10.4. The molecule has 118 valence electrons. The molecular weight excluding hydrogens is 308 g/mol. The van der Waals surface area contributed by atoms with Crippen LogP contribution in [0.5, 0.6) is 0 Å². The summed E-state index contributed by atoms with van der Waals surface area (Å²) in [6, 6.07) is 0. The van der Waals surface area contributed by atoms with Crippen LogP contribution in [-0.2, 0) is 9.59 Å². The predicted molar refractivity (Wildman–Crippen MR) is 75.3 cm³/mol. The SMILES string of the molecule is N[C@@]1(C(=O)O)C[C@H](Sc2n[nH]c(C3CC3)n2)[C@H]2[C@H](C(=O)O)[C@H]21. The van der Waals surface area contributed by atoms with E-state index in [1.807, 2.05) is 0 Å². The van der Waals surface area contributed by atoms with Crippen molar-refractivity contribution in [3.8, 4) is 0 Å². The summed E-state index contributed by atoms with van der Waals surface area (Å²) in [4.78, 5) is 27.2. The maximum atomic E-state index is 11.5. The highest BCUT2D eigenvalue weighted by molar-refractivity contribution is 7.99. The number of H-pyrrole nitrogens is 1. The Morgan fingerprint density at radius 2 is 2.09 bits per heavy atom. The van der Waals surface area contributed by atoms with E-state index in [0.717, 1.165) is 18.7 Å². The summed E-state index contributed by atoms with van der Waals surface area (Å²) in [6.45, 7) is 0. The Hall–Kier alpha value is -1.61. The molecule has 5 atom stereocenters. The lowest BCUT2D eigenvalue weighted by Crippen LogP contribution is -2.50. The predicted octanol–water partition coefficient (Wildman–Crippen LogP) is 0.275. The van der Waals surface area contributed by atoms with Crippen LogP contribution in [-0.4, -0.2) is 48.1 Å². The van der Waals surface area contributed by atoms with Gasteiger partial charge in [0.05, 0.1) is 5.92 Å². The molecule has 0 spiro atoms. The number of carboxylic acids is 2. The Morgan fingerprint density at radius 3 is 2.68 bits per heavy atom. The Balaban J connectivity index is 1.54. The topological polar surface area (TPSA) is 142 Å². The van der Waals surface area contributed by atoms with Gasteiger partial charge in [-0.15, -0.1) is 5.10 Å². The summed E-state index contributed by atoms with van der Waals surface area (Å²) in [5, 5.41) is 26.1. The first-order valence-electron chi connectivity index (χ1n) is 7.26. The van der Waals surface area contributed by atoms with Gasteiger partial charge in [-0.1, -0.05) is 11.8 Å². The monoisotopic (exact) mass is 324 g/mol. The first kappa shape index (κ1) is 14.0. The molecule has 3 fully saturated rings. The third-order valence-electron chi connectivity index (χ3n) is 5.02. The number of aromatic amines is 1. The maximum absolute atomic E-state index is 11.5. The van der Waals surface area contributed by atoms with Crippen molar-refractivity contribution in [3.63, 3.8) is 0 Å². The van der Waals surface area contributed by atoms with E-state index in [9.17, 15) is 19.8 Å². The molecule has 22 heavy (non-hydrogen) atoms. The Morgan fingerprint density at radius 1 is 1.36 bits per heavy atom. The second-order valence-corrected chi connectivity index (χ2v) is 7.66. The lowest BCUT2D eigenvalue weighted by molar-refractivity contribution is -0.145. The molecule has 5 N–H and O–H groups in total. The third kappa shape index (κ3) is 1.95. The van der Waals surface area contributed by atoms with Crippen molar-refractivity contribution in [2.45, 2.75) is 41.1 Å². The molecule has 3 aliphatic carbocycles. The largest absolute Gasteiger partial charge is 0.481 e. The van der Waals surface area contributed by atoms with Crippen LogP contribution in [0.2, 0.25) is 0 Å². The number of hydrogen-bond donors (Lipinski definition) is 4. The normalized spacial score (nSPS) is 39.5. The van der Waals surface area contributed by atoms with Gasteiger partial charge >= 0.3 is 11.9 Å². The Bertz CT molecular complexity index is 660. The zero-order valence-electron chi connectivity index (χ0n) is 11.6. The number of carboxylic acid groups (broad SMARTS) is 2. The van der Waals surface area contributed by atoms with E-state index in [0.29, 0.717) is 11.1 Å². The van der Waals surface area contributed by atoms with E-state index in [1.54, 1.807) is 0 Å². The van der Waals surface area contributed by atoms with Crippen LogP contribution in [0.3, 0.4) is 0 Å². The number of rotatable bonds is 5. The van der Waals surface area contributed by atoms with Gasteiger partial charge in [0.25, 0.3) is 0 Å². The fourth-order valence-corrected chi connectivity index (χ4v) is 5.09. The molecule has 8 nitrogen and oxygen atoms in total. The van der Waals surface area contributed by atoms with Gasteiger partial charge < -0.3 is 15.9 Å². The van der Waals surface area contributed by atoms with E-state index in [4.69, 9.17) is 5.73 Å². The van der Waals surface area contributed by atoms with Crippen molar-refractivity contribution in [2.24, 2.45) is 23.5 Å². The van der Waals surface area contributed by atoms with Crippen molar-refractivity contribution >= 4 is 23.7 Å². The molecule has 1 aromatic heterocycles. The van der Waals surface area contributed by atoms with Crippen molar-refractivity contribution in [2.75, 3.05) is 0 Å². The molecule has 0 unspecified atom stereocenters. The van der Waals surface area contributed by atoms with E-state index in [2.05, 4.69) is 15.2 Å². The van der Waals surface area contributed by atoms with Crippen molar-refractivity contribution in [1.82, 2.24) is 15.2 Å². The smallest absolute Gasteiger partial charge is 0.324 e. The van der Waals surface area contributed by atoms with Gasteiger partial charge in [-0.2, -0.15) is 0 Å². The fourth-order valence-electron chi connectivity index (χ4n) is 3.72. The minimum absolute atomic E-state index is 0.171. The highest BCUT2D eigenvalue weighted by Gasteiger charge is 2.74. The zero-order valence-corrected chi connectivity index (χ0v) is 12.4. The summed E-state index contributed by atoms with van der Waals surface area (Å²) in [5.74, 6) is -2.16. The summed E-state index contributed by atoms with van der Waals surface area (Å²) in [6.07, 6.45) is 2.47. The van der Waals surface area contributed by atoms with Crippen LogP contribution in [0, 0.1) is 17.8 Å². The van der Waals surface area contributed by atoms with E-state index in [-0.39, 0.29) is 17.6 Å². The van der Waals surface area contributed by atoms with Crippen LogP contribution < -0.4 is 5.73 Å². The number of hydrogen-bond acceptors (Lipinski definition) is 6. The number of nitrogens with one attached hydrogen (secondary N) is 1. The molecular formula is C13H16N4O4S. The molecule has 0 aromatic carbocycles. The molecule has 3 saturated carbocycles. The Labute approximate surface area is 129 Å². The second kappa shape index (κ2) is 4.45. The maximum Gasteiger partial charge on any atom is 0.324 e. The average molecular weight is 324 g/mol. The average Bonchev–Trinajstić information content (AvgIpc) is 3.34. The minimum Gasteiger partial charge on any atom is -0.481 e. The van der Waals surface area contributed by atoms with Gasteiger partial charge in [0.15, 0.2) is 0 Å². The lowest BCUT2D eigenvalue weighted by atomic mass is 9.91. The van der Waals surface area contributed by atoms with Crippen molar-refractivity contribution < 1.29 is 19.8 Å². The number of fused-ring (bicyclic) bond motifs is 1. The standard InChI is InChI=1S/C13H16N4O4S/c14-13(11(20)21)3-5(6-7(8(6)13)10(18)19)22-12-15-9(16-17-12)4-1-2-4/h4-8H,1-3,14H2,(H,18,19)(H,20,21)(H,15,16,17)/t5-,6-,7-,8-,13-/m0/s1. The van der Waals surface area contributed by atoms with Crippen molar-refractivity contribution in [1.29, 1.82) is 0 Å². The molecule has 0 saturated heterocycles. The van der Waals surface area contributed by atoms with Crippen molar-refractivity contribution in [3.05, 3.63) is 5.82 Å². The summed E-state index contributed by atoms with van der Waals surface area (Å²) in [7, 11) is 0. The number of thioether (sulfide) groups is 1. The van der Waals surface area contributed by atoms with Gasteiger partial charge in [0.1, 0.15) is 11.4 Å². The number of aliphatic carboxylic acids is 2. The van der Waals surface area contributed by atoms with Gasteiger partial charge in [0, 0.05) is 17.1 Å². The van der Waals surface area contributed by atoms with Gasteiger partial charge in [-0.05, 0) is 25.2 Å². The summed E-state index contributed by atoms with van der Waals surface area (Å²) in [5.41, 5.74) is 4.54. The van der Waals surface area contributed by atoms with Gasteiger partial charge in [-0.3, -0.25) is 14.7 Å². The van der Waals surface area contributed by atoms with Crippen LogP contribution >= 0.6 is 11.8 Å². The van der Waals surface area contributed by atoms with Gasteiger partial charge in [-0.25, -0.2) is 4.98 Å². The molecule has 9 heteroatoms. The summed E-state index contributed by atoms with van der Waals surface area (Å²) >= 11 is 1.35. The molecule has 1 aromatic rings. The van der Waals surface area contributed by atoms with E-state index in [1.165, 1.54) is 11.8 Å². The molecule has 3 aliphatic rings. The summed E-state index contributed by atoms with van der Waals surface area (Å²) < 4.78 is 0. The third-order valence-corrected chi connectivity index (χ3v) is 6.20. The number of nitrogens with zero attached hydrogens (tertiary/aromatic N) is 2. The quantitative estimate of drug-likeness (QED) is 0.604. The van der Waals surface area contributed by atoms with Crippen LogP contribution in [0.4, 0.5) is 0 Å². The van der Waals surface area contributed by atoms with E-state index < -0.39 is 29.3 Å². The van der Waals surface area contributed by atoms with Crippen LogP contribution in [0.25, 0.3) is 0 Å². The first-order valence-corrected chi connectivity index (χ1v) is 8.14. The lowest BCUT2D eigenvalue weighted by Gasteiger charge is -2.23. The highest BCUT2D eigenvalue weighted by Crippen LogP contribution is 2.65. The Kier molecular flexibility index (Phi) is 2.83.